The Labute approximate surface area is 119 Å². The van der Waals surface area contributed by atoms with Crippen LogP contribution in [0.2, 0.25) is 0 Å². The molecule has 0 radical (unpaired) electrons. The van der Waals surface area contributed by atoms with E-state index in [0.29, 0.717) is 0 Å². The van der Waals surface area contributed by atoms with Crippen LogP contribution in [0.25, 0.3) is 0 Å². The van der Waals surface area contributed by atoms with Gasteiger partial charge in [-0.15, -0.1) is 11.3 Å². The van der Waals surface area contributed by atoms with Crippen molar-refractivity contribution in [3.05, 3.63) is 47.0 Å². The number of hydrogen-bond donors (Lipinski definition) is 1. The highest BCUT2D eigenvalue weighted by Gasteiger charge is 2.09. The molecule has 3 nitrogen and oxygen atoms in total. The van der Waals surface area contributed by atoms with Crippen molar-refractivity contribution in [2.24, 2.45) is 0 Å². The standard InChI is InChI=1S/C15H21N3S/c1-3-16-10-14-11-17-15(19-14)18(4-2)12-13-8-6-5-7-9-13/h5-9,11,16H,3-4,10,12H2,1-2H3. The molecule has 19 heavy (non-hydrogen) atoms. The van der Waals surface area contributed by atoms with Gasteiger partial charge in [0.15, 0.2) is 5.13 Å². The van der Waals surface area contributed by atoms with Gasteiger partial charge in [-0.3, -0.25) is 0 Å². The van der Waals surface area contributed by atoms with Crippen LogP contribution < -0.4 is 10.2 Å². The van der Waals surface area contributed by atoms with Crippen molar-refractivity contribution in [3.63, 3.8) is 0 Å². The minimum absolute atomic E-state index is 0.914. The topological polar surface area (TPSA) is 28.2 Å². The molecule has 0 amide bonds. The van der Waals surface area contributed by atoms with Gasteiger partial charge in [-0.1, -0.05) is 37.3 Å². The lowest BCUT2D eigenvalue weighted by Gasteiger charge is -2.19. The van der Waals surface area contributed by atoms with Crippen molar-refractivity contribution in [3.8, 4) is 0 Å². The molecule has 2 aromatic rings. The van der Waals surface area contributed by atoms with Crippen molar-refractivity contribution in [1.82, 2.24) is 10.3 Å². The smallest absolute Gasteiger partial charge is 0.185 e. The summed E-state index contributed by atoms with van der Waals surface area (Å²) in [4.78, 5) is 8.15. The van der Waals surface area contributed by atoms with Crippen molar-refractivity contribution < 1.29 is 0 Å². The van der Waals surface area contributed by atoms with E-state index in [1.165, 1.54) is 10.4 Å². The minimum Gasteiger partial charge on any atom is -0.344 e. The third kappa shape index (κ3) is 4.04. The van der Waals surface area contributed by atoms with Crippen LogP contribution in [0.15, 0.2) is 36.5 Å². The van der Waals surface area contributed by atoms with E-state index in [0.717, 1.165) is 31.3 Å². The zero-order valence-electron chi connectivity index (χ0n) is 11.6. The van der Waals surface area contributed by atoms with Gasteiger partial charge in [0, 0.05) is 30.7 Å². The second kappa shape index (κ2) is 7.26. The number of nitrogens with one attached hydrogen (secondary N) is 1. The van der Waals surface area contributed by atoms with E-state index in [9.17, 15) is 0 Å². The number of nitrogens with zero attached hydrogens (tertiary/aromatic N) is 2. The summed E-state index contributed by atoms with van der Waals surface area (Å²) in [5.41, 5.74) is 1.33. The highest BCUT2D eigenvalue weighted by atomic mass is 32.1. The molecule has 1 aromatic heterocycles. The van der Waals surface area contributed by atoms with E-state index in [-0.39, 0.29) is 0 Å². The first-order valence-corrected chi connectivity index (χ1v) is 7.59. The van der Waals surface area contributed by atoms with Gasteiger partial charge < -0.3 is 10.2 Å². The zero-order chi connectivity index (χ0) is 13.5. The molecule has 0 fully saturated rings. The van der Waals surface area contributed by atoms with Crippen LogP contribution >= 0.6 is 11.3 Å². The summed E-state index contributed by atoms with van der Waals surface area (Å²) in [6.45, 7) is 8.10. The predicted molar refractivity (Wildman–Crippen MR) is 82.7 cm³/mol. The third-order valence-electron chi connectivity index (χ3n) is 2.96. The Morgan fingerprint density at radius 2 is 2.00 bits per heavy atom. The van der Waals surface area contributed by atoms with Crippen molar-refractivity contribution in [2.75, 3.05) is 18.0 Å². The zero-order valence-corrected chi connectivity index (χ0v) is 12.4. The molecule has 0 aliphatic heterocycles. The summed E-state index contributed by atoms with van der Waals surface area (Å²) in [6, 6.07) is 10.5. The number of aromatic nitrogens is 1. The van der Waals surface area contributed by atoms with E-state index < -0.39 is 0 Å². The van der Waals surface area contributed by atoms with Crippen molar-refractivity contribution in [1.29, 1.82) is 0 Å². The van der Waals surface area contributed by atoms with Crippen LogP contribution in [0.1, 0.15) is 24.3 Å². The average molecular weight is 275 g/mol. The van der Waals surface area contributed by atoms with Crippen LogP contribution in [-0.2, 0) is 13.1 Å². The highest BCUT2D eigenvalue weighted by Crippen LogP contribution is 2.23. The quantitative estimate of drug-likeness (QED) is 0.840. The lowest BCUT2D eigenvalue weighted by Crippen LogP contribution is -2.21. The first-order valence-electron chi connectivity index (χ1n) is 6.77. The molecule has 4 heteroatoms. The normalized spacial score (nSPS) is 10.6. The van der Waals surface area contributed by atoms with Gasteiger partial charge in [-0.05, 0) is 19.0 Å². The number of thiazole rings is 1. The van der Waals surface area contributed by atoms with Crippen LogP contribution in [0.3, 0.4) is 0 Å². The van der Waals surface area contributed by atoms with Crippen LogP contribution in [0.5, 0.6) is 0 Å². The molecule has 1 aromatic carbocycles. The van der Waals surface area contributed by atoms with Gasteiger partial charge in [0.05, 0.1) is 0 Å². The molecule has 0 atom stereocenters. The molecule has 0 aliphatic rings. The predicted octanol–water partition coefficient (Wildman–Crippen LogP) is 3.28. The summed E-state index contributed by atoms with van der Waals surface area (Å²) >= 11 is 1.78. The number of hydrogen-bond acceptors (Lipinski definition) is 4. The Morgan fingerprint density at radius 3 is 2.68 bits per heavy atom. The summed E-state index contributed by atoms with van der Waals surface area (Å²) in [7, 11) is 0. The fourth-order valence-electron chi connectivity index (χ4n) is 1.89. The molecule has 0 aliphatic carbocycles. The van der Waals surface area contributed by atoms with Crippen LogP contribution in [0, 0.1) is 0 Å². The number of anilines is 1. The van der Waals surface area contributed by atoms with Gasteiger partial charge in [0.25, 0.3) is 0 Å². The van der Waals surface area contributed by atoms with Crippen LogP contribution in [-0.4, -0.2) is 18.1 Å². The van der Waals surface area contributed by atoms with Gasteiger partial charge >= 0.3 is 0 Å². The van der Waals surface area contributed by atoms with Gasteiger partial charge in [0.2, 0.25) is 0 Å². The lowest BCUT2D eigenvalue weighted by molar-refractivity contribution is 0.734. The fourth-order valence-corrected chi connectivity index (χ4v) is 2.83. The monoisotopic (exact) mass is 275 g/mol. The largest absolute Gasteiger partial charge is 0.344 e. The summed E-state index contributed by atoms with van der Waals surface area (Å²) in [6.07, 6.45) is 1.98. The number of rotatable bonds is 7. The Bertz CT molecular complexity index is 481. The Morgan fingerprint density at radius 1 is 1.21 bits per heavy atom. The molecule has 0 unspecified atom stereocenters. The maximum absolute atomic E-state index is 4.54. The minimum atomic E-state index is 0.914. The second-order valence-electron chi connectivity index (χ2n) is 4.39. The lowest BCUT2D eigenvalue weighted by atomic mass is 10.2. The molecule has 0 saturated heterocycles. The first kappa shape index (κ1) is 14.0. The van der Waals surface area contributed by atoms with E-state index in [1.807, 2.05) is 6.20 Å². The van der Waals surface area contributed by atoms with E-state index in [2.05, 4.69) is 59.4 Å². The fraction of sp³-hybridized carbons (Fsp3) is 0.400. The Kier molecular flexibility index (Phi) is 5.36. The maximum Gasteiger partial charge on any atom is 0.185 e. The molecular formula is C15H21N3S. The summed E-state index contributed by atoms with van der Waals surface area (Å²) in [5, 5.41) is 4.45. The SMILES string of the molecule is CCNCc1cnc(N(CC)Cc2ccccc2)s1. The van der Waals surface area contributed by atoms with Crippen LogP contribution in [0.4, 0.5) is 5.13 Å². The number of benzene rings is 1. The molecule has 1 N–H and O–H groups in total. The Hall–Kier alpha value is -1.39. The van der Waals surface area contributed by atoms with E-state index >= 15 is 0 Å². The third-order valence-corrected chi connectivity index (χ3v) is 4.02. The molecular weight excluding hydrogens is 254 g/mol. The maximum atomic E-state index is 4.54. The molecule has 0 bridgehead atoms. The first-order chi connectivity index (χ1) is 9.33. The average Bonchev–Trinajstić information content (AvgIpc) is 2.92. The van der Waals surface area contributed by atoms with Gasteiger partial charge in [-0.25, -0.2) is 4.98 Å². The van der Waals surface area contributed by atoms with Crippen molar-refractivity contribution in [2.45, 2.75) is 26.9 Å². The molecule has 1 heterocycles. The van der Waals surface area contributed by atoms with E-state index in [1.54, 1.807) is 11.3 Å². The summed E-state index contributed by atoms with van der Waals surface area (Å²) in [5.74, 6) is 0. The van der Waals surface area contributed by atoms with Gasteiger partial charge in [0.1, 0.15) is 0 Å². The second-order valence-corrected chi connectivity index (χ2v) is 5.48. The summed E-state index contributed by atoms with van der Waals surface area (Å²) < 4.78 is 0. The molecule has 0 saturated carbocycles. The van der Waals surface area contributed by atoms with Gasteiger partial charge in [-0.2, -0.15) is 0 Å². The molecule has 102 valence electrons. The Balaban J connectivity index is 2.03. The molecule has 2 rings (SSSR count). The van der Waals surface area contributed by atoms with Crippen molar-refractivity contribution >= 4 is 16.5 Å². The molecule has 0 spiro atoms. The van der Waals surface area contributed by atoms with E-state index in [4.69, 9.17) is 0 Å². The highest BCUT2D eigenvalue weighted by molar-refractivity contribution is 7.15.